The van der Waals surface area contributed by atoms with Crippen molar-refractivity contribution in [2.24, 2.45) is 0 Å². The minimum atomic E-state index is -0.564. The number of thioether (sulfide) groups is 1. The average molecular weight is 413 g/mol. The molecule has 1 unspecified atom stereocenters. The molecule has 2 aliphatic heterocycles. The minimum absolute atomic E-state index is 0.0739. The smallest absolute Gasteiger partial charge is 0.221 e. The SMILES string of the molecule is O=C1CCSCC2(N1)C1=C(CCC(Cl)=C1)Oc1ccc(Br)cc12. The summed E-state index contributed by atoms with van der Waals surface area (Å²) in [6.45, 7) is 0. The van der Waals surface area contributed by atoms with Crippen LogP contribution in [0.5, 0.6) is 5.75 Å². The topological polar surface area (TPSA) is 38.3 Å². The Kier molecular flexibility index (Phi) is 3.98. The first-order valence-corrected chi connectivity index (χ1v) is 9.87. The molecule has 1 fully saturated rings. The number of ether oxygens (including phenoxy) is 1. The van der Waals surface area contributed by atoms with Crippen LogP contribution in [-0.4, -0.2) is 17.4 Å². The van der Waals surface area contributed by atoms with Crippen molar-refractivity contribution in [2.45, 2.75) is 24.8 Å². The van der Waals surface area contributed by atoms with E-state index in [9.17, 15) is 4.79 Å². The van der Waals surface area contributed by atoms with Gasteiger partial charge in [-0.2, -0.15) is 11.8 Å². The van der Waals surface area contributed by atoms with Crippen molar-refractivity contribution in [3.05, 3.63) is 50.7 Å². The molecule has 23 heavy (non-hydrogen) atoms. The molecule has 0 aromatic heterocycles. The standard InChI is InChI=1S/C17H15BrClNO2S/c18-10-1-3-14-12(7-10)17(9-23-6-5-16(21)20-17)13-8-11(19)2-4-15(13)22-14/h1,3,7-8H,2,4-6,9H2,(H,20,21). The van der Waals surface area contributed by atoms with E-state index >= 15 is 0 Å². The molecule has 0 radical (unpaired) electrons. The van der Waals surface area contributed by atoms with Gasteiger partial charge in [-0.25, -0.2) is 0 Å². The molecule has 3 aliphatic rings. The summed E-state index contributed by atoms with van der Waals surface area (Å²) in [7, 11) is 0. The second kappa shape index (κ2) is 5.87. The van der Waals surface area contributed by atoms with Crippen LogP contribution in [0.15, 0.2) is 45.1 Å². The number of fused-ring (bicyclic) bond motifs is 3. The molecule has 1 aromatic rings. The number of hydrogen-bond donors (Lipinski definition) is 1. The molecule has 1 atom stereocenters. The lowest BCUT2D eigenvalue weighted by Crippen LogP contribution is -2.50. The lowest BCUT2D eigenvalue weighted by Gasteiger charge is -2.42. The summed E-state index contributed by atoms with van der Waals surface area (Å²) < 4.78 is 7.11. The van der Waals surface area contributed by atoms with Crippen LogP contribution in [-0.2, 0) is 10.3 Å². The number of amides is 1. The maximum absolute atomic E-state index is 12.4. The van der Waals surface area contributed by atoms with Crippen LogP contribution < -0.4 is 10.1 Å². The van der Waals surface area contributed by atoms with Gasteiger partial charge in [-0.05, 0) is 30.7 Å². The predicted molar refractivity (Wildman–Crippen MR) is 96.7 cm³/mol. The summed E-state index contributed by atoms with van der Waals surface area (Å²) >= 11 is 11.7. The van der Waals surface area contributed by atoms with Crippen molar-refractivity contribution in [2.75, 3.05) is 11.5 Å². The summed E-state index contributed by atoms with van der Waals surface area (Å²) in [6.07, 6.45) is 4.07. The molecule has 120 valence electrons. The Hall–Kier alpha value is -0.910. The lowest BCUT2D eigenvalue weighted by atomic mass is 9.78. The Morgan fingerprint density at radius 1 is 1.30 bits per heavy atom. The summed E-state index contributed by atoms with van der Waals surface area (Å²) in [5.41, 5.74) is 1.43. The summed E-state index contributed by atoms with van der Waals surface area (Å²) in [4.78, 5) is 12.4. The normalized spacial score (nSPS) is 26.7. The largest absolute Gasteiger partial charge is 0.461 e. The lowest BCUT2D eigenvalue weighted by molar-refractivity contribution is -0.122. The summed E-state index contributed by atoms with van der Waals surface area (Å²) in [6, 6.07) is 5.98. The van der Waals surface area contributed by atoms with Gasteiger partial charge in [-0.3, -0.25) is 4.79 Å². The zero-order valence-electron chi connectivity index (χ0n) is 12.3. The second-order valence-corrected chi connectivity index (χ2v) is 8.43. The van der Waals surface area contributed by atoms with Crippen LogP contribution in [0.1, 0.15) is 24.8 Å². The Labute approximate surface area is 152 Å². The summed E-state index contributed by atoms with van der Waals surface area (Å²) in [5, 5.41) is 4.09. The molecule has 2 heterocycles. The molecule has 1 saturated heterocycles. The third kappa shape index (κ3) is 2.63. The molecule has 1 N–H and O–H groups in total. The van der Waals surface area contributed by atoms with Gasteiger partial charge in [0.1, 0.15) is 17.0 Å². The van der Waals surface area contributed by atoms with Crippen LogP contribution in [0.2, 0.25) is 0 Å². The van der Waals surface area contributed by atoms with Gasteiger partial charge in [-0.1, -0.05) is 27.5 Å². The van der Waals surface area contributed by atoms with E-state index < -0.39 is 5.54 Å². The predicted octanol–water partition coefficient (Wildman–Crippen LogP) is 4.46. The maximum atomic E-state index is 12.4. The molecule has 0 saturated carbocycles. The van der Waals surface area contributed by atoms with Gasteiger partial charge in [0.2, 0.25) is 5.91 Å². The van der Waals surface area contributed by atoms with Crippen LogP contribution in [0.25, 0.3) is 0 Å². The van der Waals surface area contributed by atoms with Crippen molar-refractivity contribution in [3.63, 3.8) is 0 Å². The van der Waals surface area contributed by atoms with E-state index in [1.165, 1.54) is 0 Å². The monoisotopic (exact) mass is 411 g/mol. The zero-order valence-corrected chi connectivity index (χ0v) is 15.5. The van der Waals surface area contributed by atoms with Crippen molar-refractivity contribution in [3.8, 4) is 5.75 Å². The molecule has 3 nitrogen and oxygen atoms in total. The zero-order chi connectivity index (χ0) is 16.0. The fraction of sp³-hybridized carbons (Fsp3) is 0.353. The van der Waals surface area contributed by atoms with Gasteiger partial charge in [0.25, 0.3) is 0 Å². The minimum Gasteiger partial charge on any atom is -0.461 e. The third-order valence-electron chi connectivity index (χ3n) is 4.43. The molecule has 4 rings (SSSR count). The van der Waals surface area contributed by atoms with Crippen molar-refractivity contribution in [1.29, 1.82) is 0 Å². The Bertz CT molecular complexity index is 761. The molecule has 1 spiro atoms. The number of halogens is 2. The second-order valence-electron chi connectivity index (χ2n) is 5.93. The maximum Gasteiger partial charge on any atom is 0.221 e. The van der Waals surface area contributed by atoms with Crippen molar-refractivity contribution >= 4 is 45.2 Å². The van der Waals surface area contributed by atoms with Crippen molar-refractivity contribution in [1.82, 2.24) is 5.32 Å². The highest BCUT2D eigenvalue weighted by Gasteiger charge is 2.46. The molecule has 1 amide bonds. The molecule has 1 aromatic carbocycles. The quantitative estimate of drug-likeness (QED) is 0.683. The van der Waals surface area contributed by atoms with Gasteiger partial charge in [0.05, 0.1) is 0 Å². The Morgan fingerprint density at radius 3 is 3.04 bits per heavy atom. The number of nitrogens with one attached hydrogen (secondary N) is 1. The van der Waals surface area contributed by atoms with Crippen molar-refractivity contribution < 1.29 is 9.53 Å². The average Bonchev–Trinajstić information content (AvgIpc) is 2.72. The number of carbonyl (C=O) groups excluding carboxylic acids is 1. The first-order chi connectivity index (χ1) is 11.1. The molecular weight excluding hydrogens is 398 g/mol. The molecule has 1 aliphatic carbocycles. The van der Waals surface area contributed by atoms with E-state index in [4.69, 9.17) is 16.3 Å². The Morgan fingerprint density at radius 2 is 2.17 bits per heavy atom. The first kappa shape index (κ1) is 15.6. The highest BCUT2D eigenvalue weighted by molar-refractivity contribution is 9.10. The Balaban J connectivity index is 1.96. The number of carbonyl (C=O) groups is 1. The third-order valence-corrected chi connectivity index (χ3v) is 6.35. The fourth-order valence-electron chi connectivity index (χ4n) is 3.36. The van der Waals surface area contributed by atoms with E-state index in [1.54, 1.807) is 11.8 Å². The van der Waals surface area contributed by atoms with Crippen LogP contribution in [0.4, 0.5) is 0 Å². The van der Waals surface area contributed by atoms with Gasteiger partial charge in [-0.15, -0.1) is 0 Å². The fourth-order valence-corrected chi connectivity index (χ4v) is 5.09. The van der Waals surface area contributed by atoms with Gasteiger partial charge < -0.3 is 10.1 Å². The van der Waals surface area contributed by atoms with E-state index in [-0.39, 0.29) is 5.91 Å². The molecular formula is C17H15BrClNO2S. The highest BCUT2D eigenvalue weighted by Crippen LogP contribution is 2.49. The van der Waals surface area contributed by atoms with Crippen LogP contribution in [0, 0.1) is 0 Å². The number of rotatable bonds is 0. The first-order valence-electron chi connectivity index (χ1n) is 7.55. The van der Waals surface area contributed by atoms with Gasteiger partial charge >= 0.3 is 0 Å². The molecule has 0 bridgehead atoms. The van der Waals surface area contributed by atoms with E-state index in [2.05, 4.69) is 21.2 Å². The van der Waals surface area contributed by atoms with E-state index in [0.717, 1.165) is 56.5 Å². The van der Waals surface area contributed by atoms with Crippen LogP contribution in [0.3, 0.4) is 0 Å². The molecule has 6 heteroatoms. The number of hydrogen-bond acceptors (Lipinski definition) is 3. The van der Waals surface area contributed by atoms with Crippen LogP contribution >= 0.6 is 39.3 Å². The van der Waals surface area contributed by atoms with E-state index in [1.807, 2.05) is 24.3 Å². The van der Waals surface area contributed by atoms with Gasteiger partial charge in [0.15, 0.2) is 0 Å². The highest BCUT2D eigenvalue weighted by atomic mass is 79.9. The van der Waals surface area contributed by atoms with E-state index in [0.29, 0.717) is 6.42 Å². The number of benzene rings is 1. The summed E-state index contributed by atoms with van der Waals surface area (Å²) in [5.74, 6) is 3.43. The van der Waals surface area contributed by atoms with Gasteiger partial charge in [0, 0.05) is 45.0 Å². The number of allylic oxidation sites excluding steroid dienone is 2.